The van der Waals surface area contributed by atoms with E-state index in [1.807, 2.05) is 29.7 Å². The van der Waals surface area contributed by atoms with Crippen LogP contribution in [0.25, 0.3) is 5.65 Å². The molecule has 0 fully saturated rings. The van der Waals surface area contributed by atoms with Gasteiger partial charge in [-0.05, 0) is 24.6 Å². The second-order valence-corrected chi connectivity index (χ2v) is 4.87. The van der Waals surface area contributed by atoms with Crippen LogP contribution in [-0.4, -0.2) is 60.7 Å². The Morgan fingerprint density at radius 2 is 1.95 bits per heavy atom. The zero-order chi connectivity index (χ0) is 15.2. The summed E-state index contributed by atoms with van der Waals surface area (Å²) >= 11 is 0. The van der Waals surface area contributed by atoms with E-state index in [1.165, 1.54) is 0 Å². The molecule has 21 heavy (non-hydrogen) atoms. The van der Waals surface area contributed by atoms with E-state index in [0.29, 0.717) is 32.0 Å². The van der Waals surface area contributed by atoms with Crippen molar-refractivity contribution in [1.82, 2.24) is 14.3 Å². The molecular weight excluding hydrogens is 270 g/mol. The lowest BCUT2D eigenvalue weighted by molar-refractivity contribution is 0.0622. The second kappa shape index (κ2) is 7.19. The van der Waals surface area contributed by atoms with Gasteiger partial charge >= 0.3 is 0 Å². The Balaban J connectivity index is 2.20. The number of fused-ring (bicyclic) bond motifs is 1. The van der Waals surface area contributed by atoms with Gasteiger partial charge in [0, 0.05) is 39.7 Å². The first-order valence-electron chi connectivity index (χ1n) is 6.88. The molecule has 2 rings (SSSR count). The number of methoxy groups -OCH3 is 2. The van der Waals surface area contributed by atoms with Gasteiger partial charge in [-0.2, -0.15) is 0 Å². The number of aromatic nitrogens is 2. The van der Waals surface area contributed by atoms with Crippen LogP contribution in [0.5, 0.6) is 0 Å². The molecule has 114 valence electrons. The molecule has 2 aromatic rings. The molecule has 0 saturated carbocycles. The Morgan fingerprint density at radius 3 is 2.57 bits per heavy atom. The minimum absolute atomic E-state index is 0.106. The highest BCUT2D eigenvalue weighted by Crippen LogP contribution is 2.10. The molecule has 0 unspecified atom stereocenters. The predicted molar refractivity (Wildman–Crippen MR) is 79.6 cm³/mol. The topological polar surface area (TPSA) is 56.1 Å². The first kappa shape index (κ1) is 15.5. The lowest BCUT2D eigenvalue weighted by Crippen LogP contribution is -2.36. The molecule has 6 heteroatoms. The third-order valence-corrected chi connectivity index (χ3v) is 3.25. The average Bonchev–Trinajstić information content (AvgIpc) is 2.89. The zero-order valence-corrected chi connectivity index (χ0v) is 12.7. The van der Waals surface area contributed by atoms with Gasteiger partial charge in [0.15, 0.2) is 0 Å². The maximum atomic E-state index is 12.6. The Kier molecular flexibility index (Phi) is 5.30. The van der Waals surface area contributed by atoms with E-state index < -0.39 is 0 Å². The molecule has 2 aromatic heterocycles. The summed E-state index contributed by atoms with van der Waals surface area (Å²) in [6.45, 7) is 4.01. The summed E-state index contributed by atoms with van der Waals surface area (Å²) in [4.78, 5) is 18.6. The van der Waals surface area contributed by atoms with Crippen LogP contribution in [0, 0.1) is 6.92 Å². The largest absolute Gasteiger partial charge is 0.383 e. The van der Waals surface area contributed by atoms with Crippen LogP contribution in [0.15, 0.2) is 24.5 Å². The van der Waals surface area contributed by atoms with E-state index in [1.54, 1.807) is 25.3 Å². The Labute approximate surface area is 124 Å². The first-order valence-corrected chi connectivity index (χ1v) is 6.88. The van der Waals surface area contributed by atoms with Crippen molar-refractivity contribution >= 4 is 11.6 Å². The van der Waals surface area contributed by atoms with E-state index in [-0.39, 0.29) is 5.91 Å². The Hall–Kier alpha value is -1.92. The molecule has 0 N–H and O–H groups in total. The number of rotatable bonds is 7. The molecule has 0 bridgehead atoms. The molecule has 0 aliphatic carbocycles. The van der Waals surface area contributed by atoms with E-state index in [4.69, 9.17) is 9.47 Å². The van der Waals surface area contributed by atoms with Gasteiger partial charge in [0.2, 0.25) is 0 Å². The number of nitrogens with zero attached hydrogens (tertiary/aromatic N) is 3. The molecule has 0 aromatic carbocycles. The summed E-state index contributed by atoms with van der Waals surface area (Å²) in [5.41, 5.74) is 2.33. The van der Waals surface area contributed by atoms with Crippen LogP contribution in [0.1, 0.15) is 16.1 Å². The van der Waals surface area contributed by atoms with Crippen LogP contribution in [0.3, 0.4) is 0 Å². The standard InChI is InChI=1S/C15H21N3O3/c1-12-4-5-18-11-13(16-14(18)10-12)15(19)17(6-8-20-2)7-9-21-3/h4-5,10-11H,6-9H2,1-3H3. The van der Waals surface area contributed by atoms with Gasteiger partial charge in [0.25, 0.3) is 5.91 Å². The molecule has 2 heterocycles. The summed E-state index contributed by atoms with van der Waals surface area (Å²) in [6, 6.07) is 3.93. The second-order valence-electron chi connectivity index (χ2n) is 4.87. The van der Waals surface area contributed by atoms with Gasteiger partial charge in [0.1, 0.15) is 11.3 Å². The monoisotopic (exact) mass is 291 g/mol. The number of pyridine rings is 1. The molecule has 0 spiro atoms. The maximum Gasteiger partial charge on any atom is 0.274 e. The number of imidazole rings is 1. The average molecular weight is 291 g/mol. The Morgan fingerprint density at radius 1 is 1.29 bits per heavy atom. The van der Waals surface area contributed by atoms with Crippen molar-refractivity contribution in [2.45, 2.75) is 6.92 Å². The fourth-order valence-corrected chi connectivity index (χ4v) is 2.07. The summed E-state index contributed by atoms with van der Waals surface area (Å²) in [5.74, 6) is -0.106. The molecular formula is C15H21N3O3. The van der Waals surface area contributed by atoms with Gasteiger partial charge in [-0.3, -0.25) is 4.79 Å². The lowest BCUT2D eigenvalue weighted by Gasteiger charge is -2.20. The van der Waals surface area contributed by atoms with Crippen molar-refractivity contribution in [3.8, 4) is 0 Å². The van der Waals surface area contributed by atoms with Crippen LogP contribution in [0.4, 0.5) is 0 Å². The molecule has 0 atom stereocenters. The normalized spacial score (nSPS) is 11.0. The molecule has 0 radical (unpaired) electrons. The molecule has 0 aliphatic heterocycles. The van der Waals surface area contributed by atoms with Crippen molar-refractivity contribution in [3.63, 3.8) is 0 Å². The summed E-state index contributed by atoms with van der Waals surface area (Å²) in [6.07, 6.45) is 3.66. The van der Waals surface area contributed by atoms with Gasteiger partial charge in [0.05, 0.1) is 13.2 Å². The van der Waals surface area contributed by atoms with E-state index in [9.17, 15) is 4.79 Å². The number of carbonyl (C=O) groups is 1. The van der Waals surface area contributed by atoms with Crippen LogP contribution in [0.2, 0.25) is 0 Å². The van der Waals surface area contributed by atoms with Gasteiger partial charge < -0.3 is 18.8 Å². The summed E-state index contributed by atoms with van der Waals surface area (Å²) in [5, 5.41) is 0. The van der Waals surface area contributed by atoms with E-state index >= 15 is 0 Å². The van der Waals surface area contributed by atoms with Crippen molar-refractivity contribution in [2.24, 2.45) is 0 Å². The summed E-state index contributed by atoms with van der Waals surface area (Å²) in [7, 11) is 3.24. The molecule has 1 amide bonds. The van der Waals surface area contributed by atoms with Crippen molar-refractivity contribution in [3.05, 3.63) is 35.8 Å². The minimum atomic E-state index is -0.106. The van der Waals surface area contributed by atoms with E-state index in [0.717, 1.165) is 11.2 Å². The van der Waals surface area contributed by atoms with Crippen molar-refractivity contribution in [2.75, 3.05) is 40.5 Å². The third kappa shape index (κ3) is 3.80. The fourth-order valence-electron chi connectivity index (χ4n) is 2.07. The third-order valence-electron chi connectivity index (χ3n) is 3.25. The molecule has 6 nitrogen and oxygen atoms in total. The minimum Gasteiger partial charge on any atom is -0.383 e. The SMILES string of the molecule is COCCN(CCOC)C(=O)c1cn2ccc(C)cc2n1. The highest BCUT2D eigenvalue weighted by atomic mass is 16.5. The van der Waals surface area contributed by atoms with Gasteiger partial charge in [-0.25, -0.2) is 4.98 Å². The number of aryl methyl sites for hydroxylation is 1. The molecule has 0 aliphatic rings. The number of amides is 1. The maximum absolute atomic E-state index is 12.6. The zero-order valence-electron chi connectivity index (χ0n) is 12.7. The van der Waals surface area contributed by atoms with Crippen molar-refractivity contribution in [1.29, 1.82) is 0 Å². The van der Waals surface area contributed by atoms with Crippen LogP contribution in [-0.2, 0) is 9.47 Å². The summed E-state index contributed by atoms with van der Waals surface area (Å²) < 4.78 is 12.0. The number of hydrogen-bond acceptors (Lipinski definition) is 4. The Bertz CT molecular complexity index is 601. The first-order chi connectivity index (χ1) is 10.2. The number of carbonyl (C=O) groups excluding carboxylic acids is 1. The highest BCUT2D eigenvalue weighted by molar-refractivity contribution is 5.93. The lowest BCUT2D eigenvalue weighted by atomic mass is 10.3. The number of ether oxygens (including phenoxy) is 2. The van der Waals surface area contributed by atoms with Gasteiger partial charge in [-0.1, -0.05) is 0 Å². The smallest absolute Gasteiger partial charge is 0.274 e. The predicted octanol–water partition coefficient (Wildman–Crippen LogP) is 1.38. The van der Waals surface area contributed by atoms with Gasteiger partial charge in [-0.15, -0.1) is 0 Å². The van der Waals surface area contributed by atoms with Crippen LogP contribution >= 0.6 is 0 Å². The van der Waals surface area contributed by atoms with E-state index in [2.05, 4.69) is 4.98 Å². The number of hydrogen-bond donors (Lipinski definition) is 0. The fraction of sp³-hybridized carbons (Fsp3) is 0.467. The quantitative estimate of drug-likeness (QED) is 0.773. The van der Waals surface area contributed by atoms with Crippen molar-refractivity contribution < 1.29 is 14.3 Å². The molecule has 0 saturated heterocycles. The highest BCUT2D eigenvalue weighted by Gasteiger charge is 2.18. The van der Waals surface area contributed by atoms with Crippen LogP contribution < -0.4 is 0 Å².